The second kappa shape index (κ2) is 7.83. The predicted octanol–water partition coefficient (Wildman–Crippen LogP) is 1.80. The molecule has 1 N–H and O–H groups in total. The van der Waals surface area contributed by atoms with Crippen LogP contribution in [0.4, 0.5) is 13.2 Å². The number of nitrogens with zero attached hydrogens (tertiary/aromatic N) is 1. The number of rotatable bonds is 6. The summed E-state index contributed by atoms with van der Waals surface area (Å²) in [5.74, 6) is -1.61. The molecule has 0 aliphatic carbocycles. The van der Waals surface area contributed by atoms with Gasteiger partial charge >= 0.3 is 12.1 Å². The molecular formula is C13H23F3N2O2. The lowest BCUT2D eigenvalue weighted by molar-refractivity contribution is -0.186. The molecule has 20 heavy (non-hydrogen) atoms. The van der Waals surface area contributed by atoms with Gasteiger partial charge in [0.1, 0.15) is 6.04 Å². The zero-order valence-corrected chi connectivity index (χ0v) is 12.0. The fraction of sp³-hybridized carbons (Fsp3) is 0.923. The summed E-state index contributed by atoms with van der Waals surface area (Å²) >= 11 is 0. The van der Waals surface area contributed by atoms with Gasteiger partial charge in [-0.25, -0.2) is 0 Å². The lowest BCUT2D eigenvalue weighted by atomic mass is 9.97. The van der Waals surface area contributed by atoms with E-state index in [-0.39, 0.29) is 18.9 Å². The number of nitrogens with one attached hydrogen (secondary N) is 1. The number of ether oxygens (including phenoxy) is 1. The molecule has 1 heterocycles. The molecule has 1 aliphatic rings. The molecule has 2 atom stereocenters. The molecule has 0 bridgehead atoms. The van der Waals surface area contributed by atoms with Crippen LogP contribution in [0.1, 0.15) is 26.2 Å². The van der Waals surface area contributed by atoms with Crippen LogP contribution in [0, 0.1) is 5.92 Å². The van der Waals surface area contributed by atoms with E-state index in [0.717, 1.165) is 0 Å². The van der Waals surface area contributed by atoms with Crippen molar-refractivity contribution >= 4 is 5.97 Å². The van der Waals surface area contributed by atoms with Crippen LogP contribution in [-0.2, 0) is 9.53 Å². The molecule has 7 heteroatoms. The average molecular weight is 296 g/mol. The molecule has 0 saturated carbocycles. The van der Waals surface area contributed by atoms with Crippen LogP contribution in [0.25, 0.3) is 0 Å². The summed E-state index contributed by atoms with van der Waals surface area (Å²) in [5.41, 5.74) is 0. The van der Waals surface area contributed by atoms with Crippen LogP contribution >= 0.6 is 0 Å². The molecule has 0 amide bonds. The van der Waals surface area contributed by atoms with Gasteiger partial charge in [0.05, 0.1) is 13.0 Å². The van der Waals surface area contributed by atoms with E-state index in [0.29, 0.717) is 32.5 Å². The van der Waals surface area contributed by atoms with Crippen molar-refractivity contribution in [3.8, 4) is 0 Å². The molecule has 0 aromatic heterocycles. The van der Waals surface area contributed by atoms with E-state index >= 15 is 0 Å². The number of hydrogen-bond donors (Lipinski definition) is 1. The SMILES string of the molecule is CCNC(CCN1CCCC(C(F)(F)F)C1)C(=O)OC. The number of methoxy groups -OCH3 is 1. The number of piperidine rings is 1. The summed E-state index contributed by atoms with van der Waals surface area (Å²) in [4.78, 5) is 13.3. The molecular weight excluding hydrogens is 273 g/mol. The number of carbonyl (C=O) groups excluding carboxylic acids is 1. The molecule has 1 rings (SSSR count). The van der Waals surface area contributed by atoms with Gasteiger partial charge in [-0.2, -0.15) is 13.2 Å². The zero-order chi connectivity index (χ0) is 15.2. The summed E-state index contributed by atoms with van der Waals surface area (Å²) in [6.45, 7) is 3.65. The Balaban J connectivity index is 2.45. The van der Waals surface area contributed by atoms with Crippen molar-refractivity contribution in [2.24, 2.45) is 5.92 Å². The normalized spacial score (nSPS) is 22.6. The van der Waals surface area contributed by atoms with Gasteiger partial charge in [0.25, 0.3) is 0 Å². The smallest absolute Gasteiger partial charge is 0.393 e. The summed E-state index contributed by atoms with van der Waals surface area (Å²) in [6, 6.07) is -0.448. The molecule has 1 fully saturated rings. The maximum absolute atomic E-state index is 12.7. The lowest BCUT2D eigenvalue weighted by Gasteiger charge is -2.34. The van der Waals surface area contributed by atoms with Crippen molar-refractivity contribution in [2.75, 3.05) is 33.3 Å². The quantitative estimate of drug-likeness (QED) is 0.759. The third kappa shape index (κ3) is 5.28. The Morgan fingerprint density at radius 2 is 2.20 bits per heavy atom. The number of likely N-dealkylation sites (N-methyl/N-ethyl adjacent to an activating group) is 1. The zero-order valence-electron chi connectivity index (χ0n) is 12.0. The van der Waals surface area contributed by atoms with Gasteiger partial charge in [0.15, 0.2) is 0 Å². The Labute approximate surface area is 117 Å². The molecule has 0 aromatic carbocycles. The number of alkyl halides is 3. The minimum Gasteiger partial charge on any atom is -0.468 e. The minimum absolute atomic E-state index is 0.0313. The maximum atomic E-state index is 12.7. The summed E-state index contributed by atoms with van der Waals surface area (Å²) in [7, 11) is 1.31. The van der Waals surface area contributed by atoms with E-state index in [9.17, 15) is 18.0 Å². The van der Waals surface area contributed by atoms with E-state index in [1.165, 1.54) is 7.11 Å². The van der Waals surface area contributed by atoms with Gasteiger partial charge in [-0.1, -0.05) is 6.92 Å². The second-order valence-electron chi connectivity index (χ2n) is 5.10. The van der Waals surface area contributed by atoms with Gasteiger partial charge in [0, 0.05) is 13.1 Å². The van der Waals surface area contributed by atoms with Crippen molar-refractivity contribution in [1.82, 2.24) is 10.2 Å². The van der Waals surface area contributed by atoms with Gasteiger partial charge in [-0.05, 0) is 32.4 Å². The van der Waals surface area contributed by atoms with Crippen molar-refractivity contribution < 1.29 is 22.7 Å². The third-order valence-electron chi connectivity index (χ3n) is 3.64. The van der Waals surface area contributed by atoms with E-state index in [1.54, 1.807) is 4.90 Å². The van der Waals surface area contributed by atoms with Crippen LogP contribution in [0.2, 0.25) is 0 Å². The van der Waals surface area contributed by atoms with E-state index in [1.807, 2.05) is 6.92 Å². The highest BCUT2D eigenvalue weighted by atomic mass is 19.4. The highest BCUT2D eigenvalue weighted by molar-refractivity contribution is 5.75. The molecule has 0 radical (unpaired) electrons. The topological polar surface area (TPSA) is 41.6 Å². The summed E-state index contributed by atoms with van der Waals surface area (Å²) in [6.07, 6.45) is -2.91. The molecule has 1 aliphatic heterocycles. The molecule has 4 nitrogen and oxygen atoms in total. The van der Waals surface area contributed by atoms with E-state index in [2.05, 4.69) is 10.1 Å². The Morgan fingerprint density at radius 3 is 2.75 bits per heavy atom. The van der Waals surface area contributed by atoms with Crippen molar-refractivity contribution in [1.29, 1.82) is 0 Å². The predicted molar refractivity (Wildman–Crippen MR) is 69.3 cm³/mol. The summed E-state index contributed by atoms with van der Waals surface area (Å²) in [5, 5.41) is 2.99. The van der Waals surface area contributed by atoms with E-state index < -0.39 is 18.1 Å². The fourth-order valence-corrected chi connectivity index (χ4v) is 2.53. The Morgan fingerprint density at radius 1 is 1.50 bits per heavy atom. The third-order valence-corrected chi connectivity index (χ3v) is 3.64. The number of likely N-dealkylation sites (tertiary alicyclic amines) is 1. The maximum Gasteiger partial charge on any atom is 0.393 e. The highest BCUT2D eigenvalue weighted by Gasteiger charge is 2.41. The Bertz CT molecular complexity index is 310. The fourth-order valence-electron chi connectivity index (χ4n) is 2.53. The molecule has 118 valence electrons. The Kier molecular flexibility index (Phi) is 6.75. The summed E-state index contributed by atoms with van der Waals surface area (Å²) < 4.78 is 42.8. The standard InChI is InChI=1S/C13H23F3N2O2/c1-3-17-11(12(19)20-2)6-8-18-7-4-5-10(9-18)13(14,15)16/h10-11,17H,3-9H2,1-2H3. The number of halogens is 3. The number of esters is 1. The van der Waals surface area contributed by atoms with Crippen LogP contribution in [0.3, 0.4) is 0 Å². The van der Waals surface area contributed by atoms with E-state index in [4.69, 9.17) is 0 Å². The van der Waals surface area contributed by atoms with Gasteiger partial charge in [-0.3, -0.25) is 4.79 Å². The minimum atomic E-state index is -4.12. The number of hydrogen-bond acceptors (Lipinski definition) is 4. The second-order valence-corrected chi connectivity index (χ2v) is 5.10. The van der Waals surface area contributed by atoms with Crippen molar-refractivity contribution in [3.05, 3.63) is 0 Å². The molecule has 0 aromatic rings. The molecule has 1 saturated heterocycles. The first kappa shape index (κ1) is 17.2. The van der Waals surface area contributed by atoms with Crippen LogP contribution in [0.15, 0.2) is 0 Å². The van der Waals surface area contributed by atoms with Gasteiger partial charge in [-0.15, -0.1) is 0 Å². The van der Waals surface area contributed by atoms with Crippen molar-refractivity contribution in [2.45, 2.75) is 38.4 Å². The highest BCUT2D eigenvalue weighted by Crippen LogP contribution is 2.33. The number of carbonyl (C=O) groups is 1. The monoisotopic (exact) mass is 296 g/mol. The van der Waals surface area contributed by atoms with Gasteiger partial charge < -0.3 is 15.0 Å². The molecule has 0 spiro atoms. The van der Waals surface area contributed by atoms with Crippen LogP contribution < -0.4 is 5.32 Å². The first-order valence-corrected chi connectivity index (χ1v) is 6.98. The van der Waals surface area contributed by atoms with Crippen LogP contribution in [0.5, 0.6) is 0 Å². The van der Waals surface area contributed by atoms with Crippen LogP contribution in [-0.4, -0.2) is 56.4 Å². The van der Waals surface area contributed by atoms with Crippen molar-refractivity contribution in [3.63, 3.8) is 0 Å². The Hall–Kier alpha value is -0.820. The first-order valence-electron chi connectivity index (χ1n) is 6.98. The van der Waals surface area contributed by atoms with Gasteiger partial charge in [0.2, 0.25) is 0 Å². The average Bonchev–Trinajstić information content (AvgIpc) is 2.42. The largest absolute Gasteiger partial charge is 0.468 e. The lowest BCUT2D eigenvalue weighted by Crippen LogP contribution is -2.45. The first-order chi connectivity index (χ1) is 9.38. The molecule has 2 unspecified atom stereocenters.